The Labute approximate surface area is 190 Å². The summed E-state index contributed by atoms with van der Waals surface area (Å²) in [6.45, 7) is 5.18. The zero-order valence-corrected chi connectivity index (χ0v) is 19.1. The van der Waals surface area contributed by atoms with Gasteiger partial charge in [-0.3, -0.25) is 14.5 Å². The third-order valence-corrected chi connectivity index (χ3v) is 6.60. The van der Waals surface area contributed by atoms with Crippen molar-refractivity contribution in [3.8, 4) is 0 Å². The molecule has 1 fully saturated rings. The van der Waals surface area contributed by atoms with Crippen LogP contribution >= 0.6 is 15.9 Å². The summed E-state index contributed by atoms with van der Waals surface area (Å²) in [7, 11) is 0. The number of hydrogen-bond donors (Lipinski definition) is 0. The van der Waals surface area contributed by atoms with E-state index in [1.54, 1.807) is 12.1 Å². The summed E-state index contributed by atoms with van der Waals surface area (Å²) in [5.74, 6) is -0.0767. The van der Waals surface area contributed by atoms with Crippen molar-refractivity contribution in [3.63, 3.8) is 0 Å². The smallest absolute Gasteiger partial charge is 0.303 e. The Balaban J connectivity index is 1.31. The van der Waals surface area contributed by atoms with E-state index >= 15 is 0 Å². The SMILES string of the molecule is CC(=O)O[C@@H](CN1CCC(CN2Cc3cc(Br)ccc3C2=O)CC1)c1ccc(F)cc1. The highest BCUT2D eigenvalue weighted by Gasteiger charge is 2.31. The predicted octanol–water partition coefficient (Wildman–Crippen LogP) is 4.56. The lowest BCUT2D eigenvalue weighted by Crippen LogP contribution is -2.40. The van der Waals surface area contributed by atoms with Crippen molar-refractivity contribution >= 4 is 27.8 Å². The Morgan fingerprint density at radius 1 is 1.19 bits per heavy atom. The number of carbonyl (C=O) groups is 2. The molecule has 0 bridgehead atoms. The number of likely N-dealkylation sites (tertiary alicyclic amines) is 1. The van der Waals surface area contributed by atoms with Crippen LogP contribution in [-0.2, 0) is 16.1 Å². The number of halogens is 2. The van der Waals surface area contributed by atoms with Crippen molar-refractivity contribution in [1.29, 1.82) is 0 Å². The van der Waals surface area contributed by atoms with Crippen LogP contribution in [0.3, 0.4) is 0 Å². The van der Waals surface area contributed by atoms with Gasteiger partial charge in [0.25, 0.3) is 5.91 Å². The molecular weight excluding hydrogens is 463 g/mol. The van der Waals surface area contributed by atoms with Gasteiger partial charge in [-0.05, 0) is 73.3 Å². The van der Waals surface area contributed by atoms with E-state index in [0.29, 0.717) is 19.0 Å². The fourth-order valence-corrected chi connectivity index (χ4v) is 4.89. The van der Waals surface area contributed by atoms with E-state index < -0.39 is 6.10 Å². The molecule has 0 saturated carbocycles. The van der Waals surface area contributed by atoms with E-state index in [4.69, 9.17) is 4.74 Å². The lowest BCUT2D eigenvalue weighted by molar-refractivity contribution is -0.147. The number of amides is 1. The molecule has 7 heteroatoms. The van der Waals surface area contributed by atoms with Gasteiger partial charge in [0, 0.05) is 36.6 Å². The molecule has 2 aromatic rings. The van der Waals surface area contributed by atoms with Gasteiger partial charge in [0.15, 0.2) is 0 Å². The number of carbonyl (C=O) groups excluding carboxylic acids is 2. The lowest BCUT2D eigenvalue weighted by atomic mass is 9.95. The first-order valence-electron chi connectivity index (χ1n) is 10.6. The molecular formula is C24H26BrFN2O3. The first-order valence-corrected chi connectivity index (χ1v) is 11.4. The van der Waals surface area contributed by atoms with E-state index in [0.717, 1.165) is 53.6 Å². The quantitative estimate of drug-likeness (QED) is 0.559. The normalized spacial score (nSPS) is 18.2. The van der Waals surface area contributed by atoms with E-state index in [2.05, 4.69) is 20.8 Å². The summed E-state index contributed by atoms with van der Waals surface area (Å²) >= 11 is 3.48. The standard InChI is InChI=1S/C24H26BrFN2O3/c1-16(29)31-23(18-2-5-21(26)6-3-18)15-27-10-8-17(9-11-27)13-28-14-19-12-20(25)4-7-22(19)24(28)30/h2-7,12,17,23H,8-11,13-15H2,1H3/t23-/m0/s1. The van der Waals surface area contributed by atoms with Crippen LogP contribution in [0.2, 0.25) is 0 Å². The zero-order chi connectivity index (χ0) is 22.0. The van der Waals surface area contributed by atoms with Crippen molar-refractivity contribution < 1.29 is 18.7 Å². The van der Waals surface area contributed by atoms with Gasteiger partial charge in [-0.2, -0.15) is 0 Å². The maximum Gasteiger partial charge on any atom is 0.303 e. The molecule has 31 heavy (non-hydrogen) atoms. The summed E-state index contributed by atoms with van der Waals surface area (Å²) in [6, 6.07) is 12.0. The number of ether oxygens (including phenoxy) is 1. The second kappa shape index (κ2) is 9.49. The van der Waals surface area contributed by atoms with Crippen molar-refractivity contribution in [3.05, 3.63) is 69.4 Å². The van der Waals surface area contributed by atoms with Crippen molar-refractivity contribution in [2.45, 2.75) is 32.4 Å². The Morgan fingerprint density at radius 3 is 2.58 bits per heavy atom. The van der Waals surface area contributed by atoms with Crippen LogP contribution in [0.5, 0.6) is 0 Å². The van der Waals surface area contributed by atoms with E-state index in [-0.39, 0.29) is 17.7 Å². The molecule has 4 rings (SSSR count). The van der Waals surface area contributed by atoms with Gasteiger partial charge in [-0.25, -0.2) is 4.39 Å². The maximum absolute atomic E-state index is 13.3. The molecule has 0 aliphatic carbocycles. The molecule has 2 aliphatic rings. The molecule has 1 amide bonds. The van der Waals surface area contributed by atoms with Crippen LogP contribution in [0.4, 0.5) is 4.39 Å². The number of hydrogen-bond acceptors (Lipinski definition) is 4. The number of piperidine rings is 1. The average molecular weight is 489 g/mol. The van der Waals surface area contributed by atoms with Crippen molar-refractivity contribution in [1.82, 2.24) is 9.80 Å². The minimum Gasteiger partial charge on any atom is -0.456 e. The average Bonchev–Trinajstić information content (AvgIpc) is 3.03. The monoisotopic (exact) mass is 488 g/mol. The fraction of sp³-hybridized carbons (Fsp3) is 0.417. The summed E-state index contributed by atoms with van der Waals surface area (Å²) in [6.07, 6.45) is 1.56. The number of fused-ring (bicyclic) bond motifs is 1. The zero-order valence-electron chi connectivity index (χ0n) is 17.5. The van der Waals surface area contributed by atoms with E-state index in [1.165, 1.54) is 19.1 Å². The van der Waals surface area contributed by atoms with E-state index in [9.17, 15) is 14.0 Å². The summed E-state index contributed by atoms with van der Waals surface area (Å²) < 4.78 is 19.8. The summed E-state index contributed by atoms with van der Waals surface area (Å²) in [4.78, 5) is 28.5. The Morgan fingerprint density at radius 2 is 1.90 bits per heavy atom. The number of rotatable bonds is 6. The molecule has 0 radical (unpaired) electrons. The van der Waals surface area contributed by atoms with Crippen LogP contribution in [0.15, 0.2) is 46.9 Å². The number of esters is 1. The third kappa shape index (κ3) is 5.33. The van der Waals surface area contributed by atoms with Gasteiger partial charge in [0.2, 0.25) is 0 Å². The van der Waals surface area contributed by atoms with Crippen molar-refractivity contribution in [2.75, 3.05) is 26.2 Å². The topological polar surface area (TPSA) is 49.9 Å². The van der Waals surface area contributed by atoms with Crippen molar-refractivity contribution in [2.24, 2.45) is 5.92 Å². The second-order valence-corrected chi connectivity index (χ2v) is 9.30. The number of nitrogens with zero attached hydrogens (tertiary/aromatic N) is 2. The van der Waals surface area contributed by atoms with Gasteiger partial charge >= 0.3 is 5.97 Å². The van der Waals surface area contributed by atoms with Crippen LogP contribution in [0.25, 0.3) is 0 Å². The first-order chi connectivity index (χ1) is 14.9. The molecule has 164 valence electrons. The van der Waals surface area contributed by atoms with Crippen LogP contribution in [0.1, 0.15) is 47.4 Å². The molecule has 2 heterocycles. The van der Waals surface area contributed by atoms with E-state index in [1.807, 2.05) is 23.1 Å². The maximum atomic E-state index is 13.3. The molecule has 0 unspecified atom stereocenters. The van der Waals surface area contributed by atoms with Gasteiger partial charge in [0.1, 0.15) is 11.9 Å². The molecule has 1 atom stereocenters. The van der Waals surface area contributed by atoms with Crippen LogP contribution in [0, 0.1) is 11.7 Å². The molecule has 0 aromatic heterocycles. The van der Waals surface area contributed by atoms with Crippen LogP contribution < -0.4 is 0 Å². The fourth-order valence-electron chi connectivity index (χ4n) is 4.48. The molecule has 2 aromatic carbocycles. The summed E-state index contributed by atoms with van der Waals surface area (Å²) in [5, 5.41) is 0. The summed E-state index contributed by atoms with van der Waals surface area (Å²) in [5.41, 5.74) is 2.69. The van der Waals surface area contributed by atoms with Crippen LogP contribution in [-0.4, -0.2) is 47.9 Å². The molecule has 5 nitrogen and oxygen atoms in total. The first kappa shape index (κ1) is 22.0. The molecule has 1 saturated heterocycles. The minimum absolute atomic E-state index is 0.121. The minimum atomic E-state index is -0.414. The third-order valence-electron chi connectivity index (χ3n) is 6.11. The van der Waals surface area contributed by atoms with Gasteiger partial charge in [-0.15, -0.1) is 0 Å². The van der Waals surface area contributed by atoms with Gasteiger partial charge < -0.3 is 9.64 Å². The number of benzene rings is 2. The predicted molar refractivity (Wildman–Crippen MR) is 119 cm³/mol. The lowest BCUT2D eigenvalue weighted by Gasteiger charge is -2.35. The van der Waals surface area contributed by atoms with Gasteiger partial charge in [0.05, 0.1) is 0 Å². The Kier molecular flexibility index (Phi) is 6.72. The highest BCUT2D eigenvalue weighted by atomic mass is 79.9. The molecule has 0 N–H and O–H groups in total. The Bertz CT molecular complexity index is 958. The Hall–Kier alpha value is -2.25. The highest BCUT2D eigenvalue weighted by molar-refractivity contribution is 9.10. The van der Waals surface area contributed by atoms with Gasteiger partial charge in [-0.1, -0.05) is 28.1 Å². The molecule has 0 spiro atoms. The highest BCUT2D eigenvalue weighted by Crippen LogP contribution is 2.29. The second-order valence-electron chi connectivity index (χ2n) is 8.38. The largest absolute Gasteiger partial charge is 0.456 e. The molecule has 2 aliphatic heterocycles.